The first-order chi connectivity index (χ1) is 25.4. The van der Waals surface area contributed by atoms with Crippen molar-refractivity contribution in [3.63, 3.8) is 0 Å². The third-order valence-corrected chi connectivity index (χ3v) is 14.4. The van der Waals surface area contributed by atoms with Gasteiger partial charge in [0, 0.05) is 0 Å². The average Bonchev–Trinajstić information content (AvgIpc) is 3.16. The minimum atomic E-state index is -4.43. The lowest BCUT2D eigenvalue weighted by Crippen LogP contribution is -2.31. The predicted molar refractivity (Wildman–Crippen MR) is 201 cm³/mol. The van der Waals surface area contributed by atoms with E-state index in [0.717, 1.165) is 86.2 Å². The maximum Gasteiger partial charge on any atom is 0.416 e. The fourth-order valence-electron chi connectivity index (χ4n) is 11.4. The Balaban J connectivity index is 1.21. The van der Waals surface area contributed by atoms with Crippen LogP contribution in [0.1, 0.15) is 177 Å². The summed E-state index contributed by atoms with van der Waals surface area (Å²) in [7, 11) is 0. The lowest BCUT2D eigenvalue weighted by molar-refractivity contribution is -0.138. The fourth-order valence-corrected chi connectivity index (χ4v) is 11.4. The van der Waals surface area contributed by atoms with Gasteiger partial charge in [-0.1, -0.05) is 89.5 Å². The molecule has 0 aromatic heterocycles. The monoisotopic (exact) mass is 746 g/mol. The summed E-state index contributed by atoms with van der Waals surface area (Å²) in [5.74, 6) is 4.89. The van der Waals surface area contributed by atoms with Crippen LogP contribution in [-0.2, 0) is 17.1 Å². The molecular formula is C46H64F6O. The molecule has 2 aromatic carbocycles. The summed E-state index contributed by atoms with van der Waals surface area (Å²) in [5.41, 5.74) is 0.138. The second-order valence-corrected chi connectivity index (χ2v) is 17.7. The predicted octanol–water partition coefficient (Wildman–Crippen LogP) is 15.3. The van der Waals surface area contributed by atoms with Gasteiger partial charge < -0.3 is 4.74 Å². The Bertz CT molecular complexity index is 1250. The van der Waals surface area contributed by atoms with Gasteiger partial charge in [0.1, 0.15) is 0 Å². The summed E-state index contributed by atoms with van der Waals surface area (Å²) in [5, 5.41) is 0. The molecule has 296 valence electrons. The molecule has 0 saturated heterocycles. The van der Waals surface area contributed by atoms with Crippen molar-refractivity contribution in [2.75, 3.05) is 0 Å². The molecule has 2 atom stereocenters. The molecule has 0 spiro atoms. The maximum absolute atomic E-state index is 13.7. The van der Waals surface area contributed by atoms with E-state index < -0.39 is 35.7 Å². The molecule has 1 nitrogen and oxygen atoms in total. The van der Waals surface area contributed by atoms with Crippen molar-refractivity contribution in [3.8, 4) is 0 Å². The largest absolute Gasteiger partial charge is 0.416 e. The highest BCUT2D eigenvalue weighted by molar-refractivity contribution is 5.29. The molecule has 4 fully saturated rings. The SMILES string of the molecule is CCCC1CCC(C2CCC(C(OC(c3ccc(C(F)(F)F)cc3)C3CCC(C4CCC(CCC)CC4)CC3)c3ccc(C(F)(F)F)cc3)CC2)CC1. The van der Waals surface area contributed by atoms with Crippen LogP contribution in [0.3, 0.4) is 0 Å². The number of hydrogen-bond acceptors (Lipinski definition) is 1. The standard InChI is InChI=1S/C46H64F6O/c1-3-5-31-7-11-33(12-8-31)35-15-19-37(20-16-35)43(39-23-27-41(28-24-39)45(47,48)49)53-44(40-25-29-42(30-26-40)46(50,51)52)38-21-17-36(18-22-38)34-13-9-32(6-4-2)10-14-34/h23-38,43-44H,3-22H2,1-2H3. The van der Waals surface area contributed by atoms with Crippen LogP contribution >= 0.6 is 0 Å². The summed E-state index contributed by atoms with van der Waals surface area (Å²) in [6.07, 6.45) is 14.2. The van der Waals surface area contributed by atoms with E-state index in [1.54, 1.807) is 24.3 Å². The minimum absolute atomic E-state index is 0.144. The van der Waals surface area contributed by atoms with Gasteiger partial charge in [0.15, 0.2) is 0 Å². The van der Waals surface area contributed by atoms with Gasteiger partial charge in [-0.2, -0.15) is 26.3 Å². The van der Waals surface area contributed by atoms with E-state index in [1.165, 1.54) is 101 Å². The number of hydrogen-bond donors (Lipinski definition) is 0. The van der Waals surface area contributed by atoms with E-state index in [9.17, 15) is 26.3 Å². The van der Waals surface area contributed by atoms with Gasteiger partial charge in [0.05, 0.1) is 23.3 Å². The number of rotatable bonds is 12. The van der Waals surface area contributed by atoms with E-state index in [0.29, 0.717) is 11.8 Å². The number of halogens is 6. The van der Waals surface area contributed by atoms with E-state index in [2.05, 4.69) is 13.8 Å². The Morgan fingerprint density at radius 2 is 0.736 bits per heavy atom. The van der Waals surface area contributed by atoms with Crippen LogP contribution in [-0.4, -0.2) is 0 Å². The van der Waals surface area contributed by atoms with Crippen molar-refractivity contribution >= 4 is 0 Å². The normalized spacial score (nSPS) is 31.5. The molecule has 0 amide bonds. The maximum atomic E-state index is 13.7. The van der Waals surface area contributed by atoms with Gasteiger partial charge in [0.2, 0.25) is 0 Å². The van der Waals surface area contributed by atoms with Crippen molar-refractivity contribution in [1.29, 1.82) is 0 Å². The Labute approximate surface area is 315 Å². The molecule has 6 rings (SSSR count). The second kappa shape index (κ2) is 18.3. The molecule has 2 aromatic rings. The average molecular weight is 747 g/mol. The van der Waals surface area contributed by atoms with Crippen LogP contribution in [0.15, 0.2) is 48.5 Å². The van der Waals surface area contributed by atoms with Gasteiger partial charge in [-0.25, -0.2) is 0 Å². The summed E-state index contributed by atoms with van der Waals surface area (Å²) in [6, 6.07) is 11.0. The molecule has 4 aliphatic carbocycles. The lowest BCUT2D eigenvalue weighted by Gasteiger charge is -2.43. The van der Waals surface area contributed by atoms with Gasteiger partial charge >= 0.3 is 12.4 Å². The molecule has 7 heteroatoms. The highest BCUT2D eigenvalue weighted by atomic mass is 19.4. The van der Waals surface area contributed by atoms with Gasteiger partial charge in [-0.15, -0.1) is 0 Å². The van der Waals surface area contributed by atoms with Crippen molar-refractivity contribution < 1.29 is 31.1 Å². The Kier molecular flexibility index (Phi) is 14.0. The van der Waals surface area contributed by atoms with E-state index in [-0.39, 0.29) is 11.8 Å². The number of benzene rings is 2. The Morgan fingerprint density at radius 3 is 1.00 bits per heavy atom. The van der Waals surface area contributed by atoms with Gasteiger partial charge in [0.25, 0.3) is 0 Å². The molecule has 0 aliphatic heterocycles. The smallest absolute Gasteiger partial charge is 0.365 e. The van der Waals surface area contributed by atoms with E-state index >= 15 is 0 Å². The zero-order valence-corrected chi connectivity index (χ0v) is 32.2. The van der Waals surface area contributed by atoms with Gasteiger partial charge in [-0.3, -0.25) is 0 Å². The van der Waals surface area contributed by atoms with Crippen LogP contribution in [0.2, 0.25) is 0 Å². The van der Waals surface area contributed by atoms with Crippen molar-refractivity contribution in [3.05, 3.63) is 70.8 Å². The molecule has 0 bridgehead atoms. The third kappa shape index (κ3) is 10.6. The number of alkyl halides is 6. The van der Waals surface area contributed by atoms with Crippen molar-refractivity contribution in [2.24, 2.45) is 47.3 Å². The molecular weight excluding hydrogens is 682 g/mol. The van der Waals surface area contributed by atoms with Gasteiger partial charge in [-0.05, 0) is 160 Å². The van der Waals surface area contributed by atoms with Crippen LogP contribution in [0.4, 0.5) is 26.3 Å². The molecule has 2 unspecified atom stereocenters. The first-order valence-electron chi connectivity index (χ1n) is 21.4. The summed E-state index contributed by atoms with van der Waals surface area (Å²) in [6.45, 7) is 4.55. The van der Waals surface area contributed by atoms with Crippen molar-refractivity contribution in [2.45, 2.75) is 167 Å². The van der Waals surface area contributed by atoms with E-state index in [1.807, 2.05) is 0 Å². The van der Waals surface area contributed by atoms with E-state index in [4.69, 9.17) is 4.74 Å². The fraction of sp³-hybridized carbons (Fsp3) is 0.739. The second-order valence-electron chi connectivity index (χ2n) is 17.7. The first kappa shape index (κ1) is 40.6. The summed E-state index contributed by atoms with van der Waals surface area (Å²) >= 11 is 0. The molecule has 0 N–H and O–H groups in total. The summed E-state index contributed by atoms with van der Waals surface area (Å²) in [4.78, 5) is 0. The molecule has 53 heavy (non-hydrogen) atoms. The molecule has 4 saturated carbocycles. The Hall–Kier alpha value is -2.02. The summed E-state index contributed by atoms with van der Waals surface area (Å²) < 4.78 is 89.2. The van der Waals surface area contributed by atoms with Crippen molar-refractivity contribution in [1.82, 2.24) is 0 Å². The van der Waals surface area contributed by atoms with Crippen LogP contribution < -0.4 is 0 Å². The minimum Gasteiger partial charge on any atom is -0.365 e. The molecule has 0 radical (unpaired) electrons. The highest BCUT2D eigenvalue weighted by Crippen LogP contribution is 2.51. The zero-order valence-electron chi connectivity index (χ0n) is 32.2. The van der Waals surface area contributed by atoms with Crippen LogP contribution in [0.5, 0.6) is 0 Å². The third-order valence-electron chi connectivity index (χ3n) is 14.4. The first-order valence-corrected chi connectivity index (χ1v) is 21.4. The number of ether oxygens (including phenoxy) is 1. The highest BCUT2D eigenvalue weighted by Gasteiger charge is 2.40. The topological polar surface area (TPSA) is 9.23 Å². The quantitative estimate of drug-likeness (QED) is 0.197. The zero-order chi connectivity index (χ0) is 37.6. The lowest BCUT2D eigenvalue weighted by atomic mass is 9.67. The van der Waals surface area contributed by atoms with Crippen LogP contribution in [0, 0.1) is 47.3 Å². The Morgan fingerprint density at radius 1 is 0.453 bits per heavy atom. The molecule has 0 heterocycles. The van der Waals surface area contributed by atoms with Crippen LogP contribution in [0.25, 0.3) is 0 Å². The molecule has 4 aliphatic rings.